The molecular formula is C35H46ClN3O7S. The van der Waals surface area contributed by atoms with Gasteiger partial charge in [0.15, 0.2) is 0 Å². The Morgan fingerprint density at radius 3 is 2.77 bits per heavy atom. The van der Waals surface area contributed by atoms with E-state index in [2.05, 4.69) is 21.0 Å². The average molecular weight is 688 g/mol. The average Bonchev–Trinajstić information content (AvgIpc) is 3.19. The molecule has 1 aliphatic carbocycles. The van der Waals surface area contributed by atoms with Gasteiger partial charge in [-0.3, -0.25) is 9.59 Å². The van der Waals surface area contributed by atoms with Crippen molar-refractivity contribution in [3.05, 3.63) is 70.3 Å². The van der Waals surface area contributed by atoms with E-state index >= 15 is 0 Å². The van der Waals surface area contributed by atoms with E-state index in [9.17, 15) is 23.1 Å². The minimum atomic E-state index is -4.01. The quantitative estimate of drug-likeness (QED) is 0.391. The highest BCUT2D eigenvalue weighted by Gasteiger charge is 2.42. The van der Waals surface area contributed by atoms with Crippen molar-refractivity contribution in [2.24, 2.45) is 5.92 Å². The van der Waals surface area contributed by atoms with Crippen LogP contribution in [-0.2, 0) is 31.4 Å². The summed E-state index contributed by atoms with van der Waals surface area (Å²) >= 11 is 6.40. The number of nitrogens with zero attached hydrogens (tertiary/aromatic N) is 1. The monoisotopic (exact) mass is 687 g/mol. The van der Waals surface area contributed by atoms with E-state index in [1.807, 2.05) is 31.2 Å². The number of fused-ring (bicyclic) bond motifs is 3. The van der Waals surface area contributed by atoms with Crippen LogP contribution in [0.5, 0.6) is 5.75 Å². The van der Waals surface area contributed by atoms with Crippen LogP contribution in [0.2, 0.25) is 5.02 Å². The Labute approximate surface area is 282 Å². The molecule has 1 spiro atoms. The standard InChI is InChI=1S/C35H46ClN3O7S/c1-24-7-4-14-35(45-3,21-32(41)37-16-18-40)15-6-17-39-22-34(13-5-8-26-19-28(36)10-11-29(26)34)23-46-31-12-9-27(20-30(31)39)33(42)38-47(43,44)25(24)2/h4,9-12,14,19-20,24-25,40H,5-8,13,15-18,21-23H2,1-3H3,(H,37,41)(H,38,42)/b14-4+/t24-,25+,34-,35-/m0/s1. The van der Waals surface area contributed by atoms with Gasteiger partial charge < -0.3 is 24.8 Å². The first-order valence-electron chi connectivity index (χ1n) is 16.4. The predicted octanol–water partition coefficient (Wildman–Crippen LogP) is 4.52. The van der Waals surface area contributed by atoms with Gasteiger partial charge in [0.2, 0.25) is 15.9 Å². The van der Waals surface area contributed by atoms with Gasteiger partial charge in [-0.25, -0.2) is 13.1 Å². The number of rotatable bonds is 5. The van der Waals surface area contributed by atoms with Gasteiger partial charge in [-0.15, -0.1) is 0 Å². The van der Waals surface area contributed by atoms with Gasteiger partial charge >= 0.3 is 0 Å². The SMILES string of the molecule is CO[C@@]1(CC(=O)NCCO)/C=C/C[C@H](C)[C@@H](C)S(=O)(=O)NC(=O)c2ccc3c(c2)N(CCC1)C[C@@]1(CCCc2cc(Cl)ccc21)CO3. The van der Waals surface area contributed by atoms with E-state index < -0.39 is 26.8 Å². The van der Waals surface area contributed by atoms with Crippen molar-refractivity contribution >= 4 is 39.1 Å². The van der Waals surface area contributed by atoms with Crippen molar-refractivity contribution in [3.8, 4) is 5.75 Å². The molecule has 2 amide bonds. The summed E-state index contributed by atoms with van der Waals surface area (Å²) in [5, 5.41) is 11.8. The second-order valence-electron chi connectivity index (χ2n) is 13.2. The number of ether oxygens (including phenoxy) is 2. The van der Waals surface area contributed by atoms with Crippen LogP contribution >= 0.6 is 11.6 Å². The molecule has 2 bridgehead atoms. The third-order valence-corrected chi connectivity index (χ3v) is 12.2. The van der Waals surface area contributed by atoms with Gasteiger partial charge in [-0.1, -0.05) is 36.7 Å². The summed E-state index contributed by atoms with van der Waals surface area (Å²) in [5.74, 6) is -0.644. The van der Waals surface area contributed by atoms with E-state index in [4.69, 9.17) is 21.1 Å². The minimum absolute atomic E-state index is 0.0419. The second-order valence-corrected chi connectivity index (χ2v) is 15.7. The molecule has 2 aromatic rings. The van der Waals surface area contributed by atoms with Gasteiger partial charge in [-0.05, 0) is 92.8 Å². The lowest BCUT2D eigenvalue weighted by Crippen LogP contribution is -2.46. The van der Waals surface area contributed by atoms with Gasteiger partial charge in [0.05, 0.1) is 36.2 Å². The molecule has 256 valence electrons. The molecule has 47 heavy (non-hydrogen) atoms. The summed E-state index contributed by atoms with van der Waals surface area (Å²) in [6.45, 7) is 4.99. The molecule has 0 saturated heterocycles. The Kier molecular flexibility index (Phi) is 10.9. The first-order chi connectivity index (χ1) is 22.4. The molecule has 0 unspecified atom stereocenters. The summed E-state index contributed by atoms with van der Waals surface area (Å²) in [6.07, 6.45) is 8.13. The number of hydrogen-bond acceptors (Lipinski definition) is 8. The van der Waals surface area contributed by atoms with E-state index in [1.165, 1.54) is 11.1 Å². The number of aliphatic hydroxyl groups excluding tert-OH is 1. The molecule has 4 atom stereocenters. The molecule has 0 saturated carbocycles. The number of carbonyl (C=O) groups excluding carboxylic acids is 2. The largest absolute Gasteiger partial charge is 0.490 e. The number of allylic oxidation sites excluding steroid dienone is 1. The lowest BCUT2D eigenvalue weighted by atomic mass is 9.70. The van der Waals surface area contributed by atoms with Crippen molar-refractivity contribution < 1.29 is 32.6 Å². The molecule has 0 fully saturated rings. The predicted molar refractivity (Wildman–Crippen MR) is 183 cm³/mol. The first-order valence-corrected chi connectivity index (χ1v) is 18.3. The summed E-state index contributed by atoms with van der Waals surface area (Å²) in [6, 6.07) is 11.1. The maximum atomic E-state index is 13.4. The molecule has 0 radical (unpaired) electrons. The van der Waals surface area contributed by atoms with Crippen LogP contribution in [0, 0.1) is 5.92 Å². The highest BCUT2D eigenvalue weighted by Crippen LogP contribution is 2.45. The van der Waals surface area contributed by atoms with Crippen LogP contribution in [0.25, 0.3) is 0 Å². The van der Waals surface area contributed by atoms with Crippen molar-refractivity contribution in [1.82, 2.24) is 10.0 Å². The van der Waals surface area contributed by atoms with Crippen LogP contribution in [0.15, 0.2) is 48.6 Å². The third kappa shape index (κ3) is 7.80. The topological polar surface area (TPSA) is 134 Å². The molecule has 3 N–H and O–H groups in total. The Bertz CT molecular complexity index is 1620. The first kappa shape index (κ1) is 35.2. The molecule has 5 rings (SSSR count). The molecule has 0 aromatic heterocycles. The Balaban J connectivity index is 1.56. The minimum Gasteiger partial charge on any atom is -0.490 e. The van der Waals surface area contributed by atoms with Crippen LogP contribution in [-0.4, -0.2) is 76.1 Å². The van der Waals surface area contributed by atoms with Crippen LogP contribution in [0.1, 0.15) is 73.9 Å². The summed E-state index contributed by atoms with van der Waals surface area (Å²) < 4.78 is 41.5. The van der Waals surface area contributed by atoms with Gasteiger partial charge in [0.25, 0.3) is 5.91 Å². The number of anilines is 1. The number of aryl methyl sites for hydroxylation is 1. The van der Waals surface area contributed by atoms with E-state index in [1.54, 1.807) is 32.2 Å². The zero-order valence-corrected chi connectivity index (χ0v) is 29.0. The molecule has 12 heteroatoms. The number of nitrogens with one attached hydrogen (secondary N) is 2. The van der Waals surface area contributed by atoms with Crippen LogP contribution < -0.4 is 19.7 Å². The number of methoxy groups -OCH3 is 1. The lowest BCUT2D eigenvalue weighted by Gasteiger charge is -2.41. The summed E-state index contributed by atoms with van der Waals surface area (Å²) in [4.78, 5) is 28.5. The van der Waals surface area contributed by atoms with Crippen molar-refractivity contribution in [3.63, 3.8) is 0 Å². The van der Waals surface area contributed by atoms with Crippen LogP contribution in [0.3, 0.4) is 0 Å². The number of carbonyl (C=O) groups is 2. The van der Waals surface area contributed by atoms with Gasteiger partial charge in [-0.2, -0.15) is 0 Å². The zero-order valence-electron chi connectivity index (χ0n) is 27.4. The summed E-state index contributed by atoms with van der Waals surface area (Å²) in [7, 11) is -2.43. The number of amides is 2. The van der Waals surface area contributed by atoms with Gasteiger partial charge in [0, 0.05) is 42.7 Å². The molecule has 2 heterocycles. The third-order valence-electron chi connectivity index (χ3n) is 10.1. The smallest absolute Gasteiger partial charge is 0.264 e. The highest BCUT2D eigenvalue weighted by molar-refractivity contribution is 7.90. The highest BCUT2D eigenvalue weighted by atomic mass is 35.5. The summed E-state index contributed by atoms with van der Waals surface area (Å²) in [5.41, 5.74) is 2.06. The maximum absolute atomic E-state index is 13.4. The van der Waals surface area contributed by atoms with E-state index in [-0.39, 0.29) is 42.4 Å². The lowest BCUT2D eigenvalue weighted by molar-refractivity contribution is -0.126. The zero-order chi connectivity index (χ0) is 33.8. The van der Waals surface area contributed by atoms with Crippen LogP contribution in [0.4, 0.5) is 5.69 Å². The molecule has 3 aliphatic rings. The number of aliphatic hydroxyl groups is 1. The normalized spacial score (nSPS) is 28.4. The van der Waals surface area contributed by atoms with E-state index in [0.29, 0.717) is 55.4 Å². The van der Waals surface area contributed by atoms with Crippen molar-refractivity contribution in [2.75, 3.05) is 44.9 Å². The molecular weight excluding hydrogens is 642 g/mol. The van der Waals surface area contributed by atoms with Gasteiger partial charge in [0.1, 0.15) is 5.75 Å². The van der Waals surface area contributed by atoms with E-state index in [0.717, 1.165) is 19.3 Å². The maximum Gasteiger partial charge on any atom is 0.264 e. The van der Waals surface area contributed by atoms with Crippen molar-refractivity contribution in [1.29, 1.82) is 0 Å². The fraction of sp³-hybridized carbons (Fsp3) is 0.543. The number of benzene rings is 2. The van der Waals surface area contributed by atoms with Crippen molar-refractivity contribution in [2.45, 2.75) is 75.1 Å². The fourth-order valence-corrected chi connectivity index (χ4v) is 8.62. The Hall–Kier alpha value is -3.12. The Morgan fingerprint density at radius 1 is 1.19 bits per heavy atom. The molecule has 2 aromatic carbocycles. The Morgan fingerprint density at radius 2 is 2.00 bits per heavy atom. The second kappa shape index (κ2) is 14.6. The number of hydrogen-bond donors (Lipinski definition) is 3. The number of halogens is 1. The molecule has 10 nitrogen and oxygen atoms in total. The number of sulfonamides is 1. The molecule has 2 aliphatic heterocycles. The fourth-order valence-electron chi connectivity index (χ4n) is 7.14.